The van der Waals surface area contributed by atoms with Gasteiger partial charge in [-0.3, -0.25) is 14.3 Å². The second-order valence-electron chi connectivity index (χ2n) is 6.10. The summed E-state index contributed by atoms with van der Waals surface area (Å²) >= 11 is 5.80. The lowest BCUT2D eigenvalue weighted by Crippen LogP contribution is -2.35. The van der Waals surface area contributed by atoms with Gasteiger partial charge in [-0.1, -0.05) is 24.4 Å². The lowest BCUT2D eigenvalue weighted by atomic mass is 10.2. The minimum atomic E-state index is -0.378. The van der Waals surface area contributed by atoms with Gasteiger partial charge in [0.1, 0.15) is 12.3 Å². The molecule has 2 aromatic rings. The zero-order chi connectivity index (χ0) is 17.8. The summed E-state index contributed by atoms with van der Waals surface area (Å²) < 4.78 is 1.48. The van der Waals surface area contributed by atoms with E-state index in [4.69, 9.17) is 11.6 Å². The van der Waals surface area contributed by atoms with E-state index >= 15 is 0 Å². The van der Waals surface area contributed by atoms with Gasteiger partial charge in [0.25, 0.3) is 5.91 Å². The number of carbonyl (C=O) groups is 2. The summed E-state index contributed by atoms with van der Waals surface area (Å²) in [5.74, 6) is -0.547. The van der Waals surface area contributed by atoms with Crippen LogP contribution >= 0.6 is 11.6 Å². The molecular formula is C17H19ClN4O3. The number of nitrogens with zero attached hydrogens (tertiary/aromatic N) is 2. The summed E-state index contributed by atoms with van der Waals surface area (Å²) in [7, 11) is 0. The van der Waals surface area contributed by atoms with E-state index in [-0.39, 0.29) is 35.2 Å². The van der Waals surface area contributed by atoms with E-state index in [1.807, 2.05) is 0 Å². The topological polar surface area (TPSA) is 96.2 Å². The Labute approximate surface area is 150 Å². The number of carbonyl (C=O) groups excluding carboxylic acids is 2. The van der Waals surface area contributed by atoms with Crippen molar-refractivity contribution in [2.45, 2.75) is 38.3 Å². The zero-order valence-corrected chi connectivity index (χ0v) is 14.3. The Hall–Kier alpha value is -2.54. The molecule has 1 aromatic heterocycles. The maximum Gasteiger partial charge on any atom is 0.255 e. The molecule has 1 aliphatic rings. The first kappa shape index (κ1) is 17.3. The predicted octanol–water partition coefficient (Wildman–Crippen LogP) is 2.55. The van der Waals surface area contributed by atoms with Crippen molar-refractivity contribution in [2.75, 3.05) is 5.32 Å². The van der Waals surface area contributed by atoms with Crippen molar-refractivity contribution in [1.29, 1.82) is 0 Å². The Kier molecular flexibility index (Phi) is 5.23. The van der Waals surface area contributed by atoms with E-state index in [9.17, 15) is 14.7 Å². The molecule has 3 N–H and O–H groups in total. The number of phenolic OH excluding ortho intramolecular Hbond substituents is 1. The fraction of sp³-hybridized carbons (Fsp3) is 0.353. The number of aromatic nitrogens is 2. The van der Waals surface area contributed by atoms with Crippen LogP contribution in [0, 0.1) is 0 Å². The predicted molar refractivity (Wildman–Crippen MR) is 93.7 cm³/mol. The number of aromatic hydroxyl groups is 1. The molecule has 8 heteroatoms. The number of anilines is 1. The van der Waals surface area contributed by atoms with E-state index in [1.165, 1.54) is 29.1 Å². The van der Waals surface area contributed by atoms with Crippen LogP contribution in [0.4, 0.5) is 5.69 Å². The smallest absolute Gasteiger partial charge is 0.255 e. The molecule has 1 heterocycles. The van der Waals surface area contributed by atoms with Crippen LogP contribution < -0.4 is 10.6 Å². The lowest BCUT2D eigenvalue weighted by molar-refractivity contribution is -0.122. The second kappa shape index (κ2) is 7.57. The summed E-state index contributed by atoms with van der Waals surface area (Å²) in [6.07, 6.45) is 7.44. The van der Waals surface area contributed by atoms with Crippen LogP contribution in [0.1, 0.15) is 36.0 Å². The van der Waals surface area contributed by atoms with Gasteiger partial charge in [0.05, 0.1) is 16.9 Å². The third-order valence-corrected chi connectivity index (χ3v) is 4.43. The van der Waals surface area contributed by atoms with Crippen LogP contribution in [0.5, 0.6) is 5.75 Å². The molecule has 0 aliphatic heterocycles. The number of benzene rings is 1. The summed E-state index contributed by atoms with van der Waals surface area (Å²) in [4.78, 5) is 24.2. The number of phenols is 1. The van der Waals surface area contributed by atoms with Crippen LogP contribution in [0.3, 0.4) is 0 Å². The summed E-state index contributed by atoms with van der Waals surface area (Å²) in [5, 5.41) is 19.2. The summed E-state index contributed by atoms with van der Waals surface area (Å²) in [6.45, 7) is 0.109. The molecule has 0 bridgehead atoms. The zero-order valence-electron chi connectivity index (χ0n) is 13.5. The van der Waals surface area contributed by atoms with E-state index in [1.54, 1.807) is 6.20 Å². The molecule has 1 aromatic carbocycles. The molecule has 0 unspecified atom stereocenters. The minimum Gasteiger partial charge on any atom is -0.506 e. The average molecular weight is 363 g/mol. The fourth-order valence-electron chi connectivity index (χ4n) is 2.86. The first-order valence-electron chi connectivity index (χ1n) is 8.13. The molecule has 0 saturated heterocycles. The highest BCUT2D eigenvalue weighted by atomic mass is 35.5. The van der Waals surface area contributed by atoms with Gasteiger partial charge in [-0.15, -0.1) is 0 Å². The molecule has 1 saturated carbocycles. The van der Waals surface area contributed by atoms with Gasteiger partial charge in [-0.2, -0.15) is 5.10 Å². The quantitative estimate of drug-likeness (QED) is 0.761. The van der Waals surface area contributed by atoms with Crippen molar-refractivity contribution in [1.82, 2.24) is 15.1 Å². The van der Waals surface area contributed by atoms with Gasteiger partial charge in [0.2, 0.25) is 5.91 Å². The largest absolute Gasteiger partial charge is 0.506 e. The van der Waals surface area contributed by atoms with E-state index < -0.39 is 0 Å². The van der Waals surface area contributed by atoms with Crippen molar-refractivity contribution in [2.24, 2.45) is 0 Å². The van der Waals surface area contributed by atoms with Crippen molar-refractivity contribution in [3.05, 3.63) is 41.2 Å². The second-order valence-corrected chi connectivity index (χ2v) is 6.50. The maximum absolute atomic E-state index is 12.2. The Morgan fingerprint density at radius 2 is 2.08 bits per heavy atom. The van der Waals surface area contributed by atoms with Crippen molar-refractivity contribution < 1.29 is 14.7 Å². The average Bonchev–Trinajstić information content (AvgIpc) is 3.22. The van der Waals surface area contributed by atoms with E-state index in [0.29, 0.717) is 11.3 Å². The SMILES string of the molecule is O=C(Cn1cc(NC(=O)c2ccc(O)c(Cl)c2)cn1)NC1CCCC1. The third kappa shape index (κ3) is 4.51. The van der Waals surface area contributed by atoms with Crippen molar-refractivity contribution in [3.8, 4) is 5.75 Å². The first-order chi connectivity index (χ1) is 12.0. The van der Waals surface area contributed by atoms with E-state index in [2.05, 4.69) is 15.7 Å². The van der Waals surface area contributed by atoms with Gasteiger partial charge in [0, 0.05) is 17.8 Å². The highest BCUT2D eigenvalue weighted by Crippen LogP contribution is 2.24. The summed E-state index contributed by atoms with van der Waals surface area (Å²) in [5.41, 5.74) is 0.789. The van der Waals surface area contributed by atoms with Gasteiger partial charge >= 0.3 is 0 Å². The number of hydrogen-bond donors (Lipinski definition) is 3. The number of hydrogen-bond acceptors (Lipinski definition) is 4. The van der Waals surface area contributed by atoms with Gasteiger partial charge in [-0.05, 0) is 31.0 Å². The van der Waals surface area contributed by atoms with Crippen molar-refractivity contribution in [3.63, 3.8) is 0 Å². The molecule has 25 heavy (non-hydrogen) atoms. The Morgan fingerprint density at radius 3 is 2.80 bits per heavy atom. The molecule has 0 radical (unpaired) electrons. The Morgan fingerprint density at radius 1 is 1.32 bits per heavy atom. The van der Waals surface area contributed by atoms with Gasteiger partial charge < -0.3 is 15.7 Å². The lowest BCUT2D eigenvalue weighted by Gasteiger charge is -2.11. The monoisotopic (exact) mass is 362 g/mol. The minimum absolute atomic E-state index is 0.0840. The van der Waals surface area contributed by atoms with Crippen LogP contribution in [0.25, 0.3) is 0 Å². The van der Waals surface area contributed by atoms with Gasteiger partial charge in [0.15, 0.2) is 0 Å². The highest BCUT2D eigenvalue weighted by molar-refractivity contribution is 6.32. The number of nitrogens with one attached hydrogen (secondary N) is 2. The molecule has 7 nitrogen and oxygen atoms in total. The maximum atomic E-state index is 12.2. The first-order valence-corrected chi connectivity index (χ1v) is 8.51. The number of amides is 2. The van der Waals surface area contributed by atoms with Crippen molar-refractivity contribution >= 4 is 29.1 Å². The van der Waals surface area contributed by atoms with Crippen LogP contribution in [-0.2, 0) is 11.3 Å². The number of rotatable bonds is 5. The van der Waals surface area contributed by atoms with Crippen LogP contribution in [0.15, 0.2) is 30.6 Å². The highest BCUT2D eigenvalue weighted by Gasteiger charge is 2.17. The van der Waals surface area contributed by atoms with E-state index in [0.717, 1.165) is 25.7 Å². The molecule has 0 spiro atoms. The molecule has 1 fully saturated rings. The number of halogens is 1. The molecule has 3 rings (SSSR count). The van der Waals surface area contributed by atoms with Gasteiger partial charge in [-0.25, -0.2) is 0 Å². The fourth-order valence-corrected chi connectivity index (χ4v) is 3.04. The van der Waals surface area contributed by atoms with Crippen LogP contribution in [0.2, 0.25) is 5.02 Å². The third-order valence-electron chi connectivity index (χ3n) is 4.13. The molecule has 2 amide bonds. The molecule has 0 atom stereocenters. The standard InChI is InChI=1S/C17H19ClN4O3/c18-14-7-11(5-6-15(14)23)17(25)21-13-8-19-22(9-13)10-16(24)20-12-3-1-2-4-12/h5-9,12,23H,1-4,10H2,(H,20,24)(H,21,25). The Balaban J connectivity index is 1.56. The molecule has 132 valence electrons. The summed E-state index contributed by atoms with van der Waals surface area (Å²) in [6, 6.07) is 4.47. The van der Waals surface area contributed by atoms with Crippen LogP contribution in [-0.4, -0.2) is 32.7 Å². The molecular weight excluding hydrogens is 344 g/mol. The molecule has 1 aliphatic carbocycles. The Bertz CT molecular complexity index is 784. The normalized spacial score (nSPS) is 14.4.